The van der Waals surface area contributed by atoms with E-state index in [0.717, 1.165) is 29.2 Å². The van der Waals surface area contributed by atoms with Crippen molar-refractivity contribution in [1.82, 2.24) is 4.98 Å². The van der Waals surface area contributed by atoms with Gasteiger partial charge in [-0.2, -0.15) is 0 Å². The molecule has 0 saturated heterocycles. The number of hydrogen-bond donors (Lipinski definition) is 1. The number of pyridine rings is 1. The molecule has 1 N–H and O–H groups in total. The molecule has 0 amide bonds. The third-order valence-corrected chi connectivity index (χ3v) is 3.35. The molecule has 0 bridgehead atoms. The van der Waals surface area contributed by atoms with E-state index in [1.807, 2.05) is 18.2 Å². The molecule has 0 radical (unpaired) electrons. The van der Waals surface area contributed by atoms with Crippen LogP contribution >= 0.6 is 15.9 Å². The average molecular weight is 320 g/mol. The average Bonchev–Trinajstić information content (AvgIpc) is 2.42. The van der Waals surface area contributed by atoms with E-state index in [1.165, 1.54) is 5.56 Å². The van der Waals surface area contributed by atoms with Crippen molar-refractivity contribution >= 4 is 27.6 Å². The Morgan fingerprint density at radius 1 is 1.16 bits per heavy atom. The van der Waals surface area contributed by atoms with E-state index in [0.29, 0.717) is 0 Å². The Hall–Kier alpha value is -1.55. The van der Waals surface area contributed by atoms with Crippen LogP contribution < -0.4 is 10.2 Å². The van der Waals surface area contributed by atoms with Gasteiger partial charge in [-0.25, -0.2) is 4.98 Å². The van der Waals surface area contributed by atoms with E-state index < -0.39 is 0 Å². The van der Waals surface area contributed by atoms with Crippen LogP contribution in [-0.2, 0) is 6.54 Å². The van der Waals surface area contributed by atoms with E-state index >= 15 is 0 Å². The fourth-order valence-corrected chi connectivity index (χ4v) is 2.12. The monoisotopic (exact) mass is 319 g/mol. The molecule has 0 aliphatic heterocycles. The molecule has 2 rings (SSSR count). The summed E-state index contributed by atoms with van der Waals surface area (Å²) >= 11 is 3.45. The highest BCUT2D eigenvalue weighted by Gasteiger charge is 2.04. The topological polar surface area (TPSA) is 28.2 Å². The van der Waals surface area contributed by atoms with E-state index in [-0.39, 0.29) is 0 Å². The number of anilines is 2. The smallest absolute Gasteiger partial charge is 0.130 e. The number of aromatic nitrogens is 1. The highest BCUT2D eigenvalue weighted by Crippen LogP contribution is 2.17. The minimum absolute atomic E-state index is 0.843. The number of benzene rings is 1. The minimum atomic E-state index is 0.843. The van der Waals surface area contributed by atoms with Gasteiger partial charge < -0.3 is 10.2 Å². The van der Waals surface area contributed by atoms with Gasteiger partial charge in [0.25, 0.3) is 0 Å². The predicted molar refractivity (Wildman–Crippen MR) is 84.6 cm³/mol. The quantitative estimate of drug-likeness (QED) is 0.905. The lowest BCUT2D eigenvalue weighted by Gasteiger charge is -2.19. The second kappa shape index (κ2) is 6.57. The van der Waals surface area contributed by atoms with Crippen LogP contribution in [0.25, 0.3) is 0 Å². The molecular weight excluding hydrogens is 302 g/mol. The Bertz CT molecular complexity index is 525. The molecule has 0 unspecified atom stereocenters. The Kier molecular flexibility index (Phi) is 4.80. The molecule has 0 spiro atoms. The largest absolute Gasteiger partial charge is 0.370 e. The van der Waals surface area contributed by atoms with E-state index in [4.69, 9.17) is 0 Å². The molecule has 100 valence electrons. The van der Waals surface area contributed by atoms with Crippen molar-refractivity contribution in [2.75, 3.05) is 23.8 Å². The molecule has 0 saturated carbocycles. The first-order valence-electron chi connectivity index (χ1n) is 6.35. The number of rotatable bonds is 5. The predicted octanol–water partition coefficient (Wildman–Crippen LogP) is 3.91. The molecular formula is C15H18BrN3. The SMILES string of the molecule is CCNc1cccc(N(C)Cc2ccc(Br)cc2)n1. The third-order valence-electron chi connectivity index (χ3n) is 2.82. The van der Waals surface area contributed by atoms with Crippen molar-refractivity contribution < 1.29 is 0 Å². The van der Waals surface area contributed by atoms with Gasteiger partial charge in [-0.05, 0) is 36.8 Å². The lowest BCUT2D eigenvalue weighted by molar-refractivity contribution is 0.897. The van der Waals surface area contributed by atoms with Crippen LogP contribution in [-0.4, -0.2) is 18.6 Å². The Balaban J connectivity index is 2.08. The summed E-state index contributed by atoms with van der Waals surface area (Å²) in [5.74, 6) is 1.89. The third kappa shape index (κ3) is 3.96. The minimum Gasteiger partial charge on any atom is -0.370 e. The normalized spacial score (nSPS) is 10.3. The maximum Gasteiger partial charge on any atom is 0.130 e. The van der Waals surface area contributed by atoms with Crippen LogP contribution in [0.1, 0.15) is 12.5 Å². The fourth-order valence-electron chi connectivity index (χ4n) is 1.86. The summed E-state index contributed by atoms with van der Waals surface area (Å²) < 4.78 is 1.10. The Labute approximate surface area is 122 Å². The molecule has 1 aromatic heterocycles. The van der Waals surface area contributed by atoms with Gasteiger partial charge in [0.15, 0.2) is 0 Å². The van der Waals surface area contributed by atoms with Gasteiger partial charge in [-0.15, -0.1) is 0 Å². The summed E-state index contributed by atoms with van der Waals surface area (Å²) in [5.41, 5.74) is 1.27. The van der Waals surface area contributed by atoms with Gasteiger partial charge in [-0.1, -0.05) is 34.1 Å². The van der Waals surface area contributed by atoms with Crippen LogP contribution in [0, 0.1) is 0 Å². The van der Waals surface area contributed by atoms with Crippen molar-refractivity contribution in [1.29, 1.82) is 0 Å². The number of nitrogens with one attached hydrogen (secondary N) is 1. The van der Waals surface area contributed by atoms with Gasteiger partial charge in [0.1, 0.15) is 11.6 Å². The Morgan fingerprint density at radius 2 is 1.89 bits per heavy atom. The molecule has 0 atom stereocenters. The Morgan fingerprint density at radius 3 is 2.58 bits per heavy atom. The van der Waals surface area contributed by atoms with Crippen LogP contribution in [0.2, 0.25) is 0 Å². The number of hydrogen-bond acceptors (Lipinski definition) is 3. The standard InChI is InChI=1S/C15H18BrN3/c1-3-17-14-5-4-6-15(18-14)19(2)11-12-7-9-13(16)10-8-12/h4-10H,3,11H2,1-2H3,(H,17,18). The lowest BCUT2D eigenvalue weighted by atomic mass is 10.2. The van der Waals surface area contributed by atoms with Crippen LogP contribution in [0.4, 0.5) is 11.6 Å². The molecule has 1 heterocycles. The molecule has 0 fully saturated rings. The maximum absolute atomic E-state index is 4.58. The van der Waals surface area contributed by atoms with Gasteiger partial charge in [0, 0.05) is 24.6 Å². The van der Waals surface area contributed by atoms with Crippen molar-refractivity contribution in [3.8, 4) is 0 Å². The van der Waals surface area contributed by atoms with Crippen molar-refractivity contribution in [3.63, 3.8) is 0 Å². The van der Waals surface area contributed by atoms with E-state index in [9.17, 15) is 0 Å². The molecule has 3 nitrogen and oxygen atoms in total. The zero-order chi connectivity index (χ0) is 13.7. The van der Waals surface area contributed by atoms with E-state index in [2.05, 4.69) is 69.4 Å². The van der Waals surface area contributed by atoms with Crippen LogP contribution in [0.5, 0.6) is 0 Å². The van der Waals surface area contributed by atoms with Crippen molar-refractivity contribution in [3.05, 3.63) is 52.5 Å². The summed E-state index contributed by atoms with van der Waals surface area (Å²) in [4.78, 5) is 6.72. The highest BCUT2D eigenvalue weighted by atomic mass is 79.9. The summed E-state index contributed by atoms with van der Waals surface area (Å²) in [6.45, 7) is 3.79. The maximum atomic E-state index is 4.58. The van der Waals surface area contributed by atoms with Gasteiger partial charge >= 0.3 is 0 Å². The molecule has 19 heavy (non-hydrogen) atoms. The number of nitrogens with zero attached hydrogens (tertiary/aromatic N) is 2. The number of halogens is 1. The van der Waals surface area contributed by atoms with Gasteiger partial charge in [-0.3, -0.25) is 0 Å². The van der Waals surface area contributed by atoms with Crippen molar-refractivity contribution in [2.45, 2.75) is 13.5 Å². The zero-order valence-corrected chi connectivity index (χ0v) is 12.8. The molecule has 0 aliphatic carbocycles. The summed E-state index contributed by atoms with van der Waals surface area (Å²) in [6, 6.07) is 14.4. The first-order chi connectivity index (χ1) is 9.19. The molecule has 4 heteroatoms. The second-order valence-corrected chi connectivity index (χ2v) is 5.31. The first-order valence-corrected chi connectivity index (χ1v) is 7.15. The fraction of sp³-hybridized carbons (Fsp3) is 0.267. The van der Waals surface area contributed by atoms with Gasteiger partial charge in [0.2, 0.25) is 0 Å². The summed E-state index contributed by atoms with van der Waals surface area (Å²) in [5, 5.41) is 3.23. The zero-order valence-electron chi connectivity index (χ0n) is 11.2. The lowest BCUT2D eigenvalue weighted by Crippen LogP contribution is -2.18. The van der Waals surface area contributed by atoms with Crippen LogP contribution in [0.15, 0.2) is 46.9 Å². The van der Waals surface area contributed by atoms with Crippen molar-refractivity contribution in [2.24, 2.45) is 0 Å². The van der Waals surface area contributed by atoms with E-state index in [1.54, 1.807) is 0 Å². The molecule has 2 aromatic rings. The first kappa shape index (κ1) is 13.9. The highest BCUT2D eigenvalue weighted by molar-refractivity contribution is 9.10. The van der Waals surface area contributed by atoms with Crippen LogP contribution in [0.3, 0.4) is 0 Å². The second-order valence-electron chi connectivity index (χ2n) is 4.39. The summed E-state index contributed by atoms with van der Waals surface area (Å²) in [7, 11) is 2.06. The summed E-state index contributed by atoms with van der Waals surface area (Å²) in [6.07, 6.45) is 0. The van der Waals surface area contributed by atoms with Gasteiger partial charge in [0.05, 0.1) is 0 Å². The molecule has 1 aromatic carbocycles. The molecule has 0 aliphatic rings.